The summed E-state index contributed by atoms with van der Waals surface area (Å²) in [5.74, 6) is 1.05. The van der Waals surface area contributed by atoms with E-state index in [0.717, 1.165) is 11.3 Å². The third-order valence-electron chi connectivity index (χ3n) is 3.81. The molecular formula is C19H18N2O3. The second-order valence-electron chi connectivity index (χ2n) is 5.29. The Kier molecular flexibility index (Phi) is 4.61. The number of ether oxygens (including phenoxy) is 1. The Morgan fingerprint density at radius 1 is 1.17 bits per heavy atom. The number of hydrogen-bond acceptors (Lipinski definition) is 4. The molecule has 0 bridgehead atoms. The number of amides is 1. The van der Waals surface area contributed by atoms with Crippen molar-refractivity contribution in [2.24, 2.45) is 0 Å². The number of benzene rings is 1. The van der Waals surface area contributed by atoms with Gasteiger partial charge in [-0.3, -0.25) is 9.78 Å². The lowest BCUT2D eigenvalue weighted by atomic mass is 10.0. The Hall–Kier alpha value is -3.08. The van der Waals surface area contributed by atoms with Gasteiger partial charge in [0.2, 0.25) is 0 Å². The van der Waals surface area contributed by atoms with Crippen molar-refractivity contribution >= 4 is 5.91 Å². The van der Waals surface area contributed by atoms with Crippen molar-refractivity contribution in [2.75, 3.05) is 7.11 Å². The zero-order valence-corrected chi connectivity index (χ0v) is 13.5. The quantitative estimate of drug-likeness (QED) is 0.781. The first-order chi connectivity index (χ1) is 11.7. The third kappa shape index (κ3) is 3.15. The molecule has 0 aliphatic heterocycles. The highest BCUT2D eigenvalue weighted by Crippen LogP contribution is 2.29. The van der Waals surface area contributed by atoms with E-state index in [-0.39, 0.29) is 5.91 Å². The van der Waals surface area contributed by atoms with Crippen LogP contribution < -0.4 is 10.1 Å². The summed E-state index contributed by atoms with van der Waals surface area (Å²) in [6.45, 7) is 1.76. The maximum Gasteiger partial charge on any atom is 0.255 e. The van der Waals surface area contributed by atoms with E-state index in [2.05, 4.69) is 10.3 Å². The first-order valence-electron chi connectivity index (χ1n) is 7.59. The van der Waals surface area contributed by atoms with Crippen molar-refractivity contribution in [2.45, 2.75) is 13.0 Å². The maximum absolute atomic E-state index is 12.6. The maximum atomic E-state index is 12.6. The van der Waals surface area contributed by atoms with Crippen LogP contribution in [0.2, 0.25) is 0 Å². The molecule has 0 aliphatic carbocycles. The molecule has 0 fully saturated rings. The lowest BCUT2D eigenvalue weighted by Crippen LogP contribution is -2.30. The molecule has 1 N–H and O–H groups in total. The van der Waals surface area contributed by atoms with Gasteiger partial charge in [0.1, 0.15) is 17.6 Å². The predicted molar refractivity (Wildman–Crippen MR) is 90.0 cm³/mol. The summed E-state index contributed by atoms with van der Waals surface area (Å²) in [5, 5.41) is 3.03. The van der Waals surface area contributed by atoms with E-state index in [1.54, 1.807) is 26.3 Å². The zero-order chi connectivity index (χ0) is 16.9. The number of carbonyl (C=O) groups is 1. The van der Waals surface area contributed by atoms with Gasteiger partial charge in [0.15, 0.2) is 0 Å². The highest BCUT2D eigenvalue weighted by atomic mass is 16.5. The van der Waals surface area contributed by atoms with E-state index in [1.807, 2.05) is 42.5 Å². The van der Waals surface area contributed by atoms with Crippen molar-refractivity contribution in [1.82, 2.24) is 10.3 Å². The number of hydrogen-bond donors (Lipinski definition) is 1. The molecule has 0 radical (unpaired) electrons. The van der Waals surface area contributed by atoms with Crippen molar-refractivity contribution in [3.63, 3.8) is 0 Å². The fourth-order valence-corrected chi connectivity index (χ4v) is 2.59. The van der Waals surface area contributed by atoms with Gasteiger partial charge in [0.05, 0.1) is 24.6 Å². The number of furan rings is 1. The molecule has 0 unspecified atom stereocenters. The minimum Gasteiger partial charge on any atom is -0.496 e. The Morgan fingerprint density at radius 3 is 2.62 bits per heavy atom. The summed E-state index contributed by atoms with van der Waals surface area (Å²) in [7, 11) is 1.61. The Bertz CT molecular complexity index is 827. The molecule has 1 amide bonds. The minimum absolute atomic E-state index is 0.220. The van der Waals surface area contributed by atoms with Crippen LogP contribution in [0.15, 0.2) is 65.4 Å². The Balaban J connectivity index is 2.00. The molecule has 3 aromatic rings. The van der Waals surface area contributed by atoms with Gasteiger partial charge in [0.25, 0.3) is 5.91 Å². The normalized spacial score (nSPS) is 11.8. The standard InChI is InChI=1S/C19H18N2O3/c1-13-14(10-12-24-13)19(22)21-18(16-8-5-6-11-20-16)15-7-3-4-9-17(15)23-2/h3-12,18H,1-2H3,(H,21,22)/t18-/m0/s1. The Labute approximate surface area is 140 Å². The third-order valence-corrected chi connectivity index (χ3v) is 3.81. The largest absolute Gasteiger partial charge is 0.496 e. The molecule has 2 aromatic heterocycles. The average Bonchev–Trinajstić information content (AvgIpc) is 3.06. The highest BCUT2D eigenvalue weighted by Gasteiger charge is 2.23. The number of aryl methyl sites for hydroxylation is 1. The van der Waals surface area contributed by atoms with E-state index in [1.165, 1.54) is 6.26 Å². The molecule has 3 rings (SSSR count). The van der Waals surface area contributed by atoms with Crippen LogP contribution in [0.5, 0.6) is 5.75 Å². The second-order valence-corrected chi connectivity index (χ2v) is 5.29. The first-order valence-corrected chi connectivity index (χ1v) is 7.59. The van der Waals surface area contributed by atoms with Gasteiger partial charge in [-0.15, -0.1) is 0 Å². The molecule has 1 atom stereocenters. The van der Waals surface area contributed by atoms with Crippen molar-refractivity contribution in [3.05, 3.63) is 83.6 Å². The summed E-state index contributed by atoms with van der Waals surface area (Å²) < 4.78 is 10.7. The fraction of sp³-hybridized carbons (Fsp3) is 0.158. The zero-order valence-electron chi connectivity index (χ0n) is 13.5. The van der Waals surface area contributed by atoms with Crippen molar-refractivity contribution in [1.29, 1.82) is 0 Å². The minimum atomic E-state index is -0.427. The van der Waals surface area contributed by atoms with Crippen LogP contribution in [0.3, 0.4) is 0 Å². The highest BCUT2D eigenvalue weighted by molar-refractivity contribution is 5.95. The summed E-state index contributed by atoms with van der Waals surface area (Å²) in [6.07, 6.45) is 3.20. The number of pyridine rings is 1. The molecule has 1 aromatic carbocycles. The van der Waals surface area contributed by atoms with E-state index >= 15 is 0 Å². The summed E-state index contributed by atoms with van der Waals surface area (Å²) >= 11 is 0. The van der Waals surface area contributed by atoms with Gasteiger partial charge in [-0.05, 0) is 31.2 Å². The predicted octanol–water partition coefficient (Wildman–Crippen LogP) is 3.51. The van der Waals surface area contributed by atoms with Gasteiger partial charge in [-0.2, -0.15) is 0 Å². The number of methoxy groups -OCH3 is 1. The number of nitrogens with zero attached hydrogens (tertiary/aromatic N) is 1. The van der Waals surface area contributed by atoms with Crippen LogP contribution in [-0.4, -0.2) is 18.0 Å². The van der Waals surface area contributed by atoms with Crippen LogP contribution in [0, 0.1) is 6.92 Å². The fourth-order valence-electron chi connectivity index (χ4n) is 2.59. The average molecular weight is 322 g/mol. The molecule has 0 spiro atoms. The number of nitrogens with one attached hydrogen (secondary N) is 1. The molecule has 0 saturated heterocycles. The Morgan fingerprint density at radius 2 is 1.96 bits per heavy atom. The topological polar surface area (TPSA) is 64.4 Å². The van der Waals surface area contributed by atoms with Gasteiger partial charge in [-0.25, -0.2) is 0 Å². The number of carbonyl (C=O) groups excluding carboxylic acids is 1. The number of rotatable bonds is 5. The van der Waals surface area contributed by atoms with Gasteiger partial charge >= 0.3 is 0 Å². The van der Waals surface area contributed by atoms with Crippen LogP contribution in [0.4, 0.5) is 0 Å². The van der Waals surface area contributed by atoms with E-state index < -0.39 is 6.04 Å². The van der Waals surface area contributed by atoms with E-state index in [9.17, 15) is 4.79 Å². The number of para-hydroxylation sites is 1. The van der Waals surface area contributed by atoms with Crippen LogP contribution >= 0.6 is 0 Å². The SMILES string of the molecule is COc1ccccc1[C@H](NC(=O)c1ccoc1C)c1ccccn1. The first kappa shape index (κ1) is 15.8. The molecule has 0 saturated carbocycles. The van der Waals surface area contributed by atoms with E-state index in [0.29, 0.717) is 17.1 Å². The van der Waals surface area contributed by atoms with Gasteiger partial charge in [-0.1, -0.05) is 24.3 Å². The van der Waals surface area contributed by atoms with Crippen LogP contribution in [0.25, 0.3) is 0 Å². The van der Waals surface area contributed by atoms with Crippen molar-refractivity contribution in [3.8, 4) is 5.75 Å². The monoisotopic (exact) mass is 322 g/mol. The van der Waals surface area contributed by atoms with E-state index in [4.69, 9.17) is 9.15 Å². The lowest BCUT2D eigenvalue weighted by Gasteiger charge is -2.21. The lowest BCUT2D eigenvalue weighted by molar-refractivity contribution is 0.0940. The van der Waals surface area contributed by atoms with Gasteiger partial charge in [0, 0.05) is 11.8 Å². The summed E-state index contributed by atoms with van der Waals surface area (Å²) in [5.41, 5.74) is 2.08. The summed E-state index contributed by atoms with van der Waals surface area (Å²) in [6, 6.07) is 14.4. The van der Waals surface area contributed by atoms with Gasteiger partial charge < -0.3 is 14.5 Å². The molecule has 122 valence electrons. The van der Waals surface area contributed by atoms with Crippen LogP contribution in [0.1, 0.15) is 33.4 Å². The molecule has 5 heteroatoms. The molecule has 0 aliphatic rings. The molecule has 24 heavy (non-hydrogen) atoms. The molecular weight excluding hydrogens is 304 g/mol. The smallest absolute Gasteiger partial charge is 0.255 e. The second kappa shape index (κ2) is 7.00. The summed E-state index contributed by atoms with van der Waals surface area (Å²) in [4.78, 5) is 17.0. The molecule has 2 heterocycles. The van der Waals surface area contributed by atoms with Crippen LogP contribution in [-0.2, 0) is 0 Å². The van der Waals surface area contributed by atoms with Crippen molar-refractivity contribution < 1.29 is 13.9 Å². The number of aromatic nitrogens is 1. The molecule has 5 nitrogen and oxygen atoms in total.